The summed E-state index contributed by atoms with van der Waals surface area (Å²) in [5.74, 6) is 1.87. The first-order chi connectivity index (χ1) is 13.4. The van der Waals surface area contributed by atoms with Crippen molar-refractivity contribution in [2.75, 3.05) is 40.9 Å². The molecule has 166 valence electrons. The zero-order chi connectivity index (χ0) is 20.9. The number of ether oxygens (including phenoxy) is 2. The second kappa shape index (κ2) is 15.3. The van der Waals surface area contributed by atoms with E-state index in [1.165, 1.54) is 0 Å². The SMILES string of the molecule is CCOC(CCNC(=NCc1ccc(OC)cc1)NCC(=O)N(C)C)C(C)C.I. The molecule has 0 aromatic heterocycles. The first kappa shape index (κ1) is 27.5. The van der Waals surface area contributed by atoms with Gasteiger partial charge in [0.05, 0.1) is 26.3 Å². The monoisotopic (exact) mass is 520 g/mol. The fraction of sp³-hybridized carbons (Fsp3) is 0.619. The lowest BCUT2D eigenvalue weighted by Crippen LogP contribution is -2.44. The van der Waals surface area contributed by atoms with E-state index in [9.17, 15) is 4.79 Å². The van der Waals surface area contributed by atoms with Crippen molar-refractivity contribution in [2.45, 2.75) is 39.8 Å². The van der Waals surface area contributed by atoms with Crippen LogP contribution in [0.15, 0.2) is 29.3 Å². The minimum Gasteiger partial charge on any atom is -0.497 e. The molecular formula is C21H37IN4O3. The Balaban J connectivity index is 0.00000784. The van der Waals surface area contributed by atoms with Gasteiger partial charge in [0.2, 0.25) is 5.91 Å². The average molecular weight is 520 g/mol. The molecule has 1 rings (SSSR count). The lowest BCUT2D eigenvalue weighted by Gasteiger charge is -2.22. The number of amides is 1. The number of carbonyl (C=O) groups excluding carboxylic acids is 1. The van der Waals surface area contributed by atoms with E-state index in [0.29, 0.717) is 31.6 Å². The standard InChI is InChI=1S/C21H36N4O3.HI/c1-7-28-19(16(2)3)12-13-22-21(24-15-20(26)25(4)5)23-14-17-8-10-18(27-6)11-9-17;/h8-11,16,19H,7,12-15H2,1-6H3,(H2,22,23,24);1H. The number of carbonyl (C=O) groups is 1. The number of benzene rings is 1. The van der Waals surface area contributed by atoms with Crippen molar-refractivity contribution in [3.63, 3.8) is 0 Å². The molecule has 0 fully saturated rings. The van der Waals surface area contributed by atoms with E-state index in [1.807, 2.05) is 31.2 Å². The smallest absolute Gasteiger partial charge is 0.241 e. The fourth-order valence-corrected chi connectivity index (χ4v) is 2.55. The maximum absolute atomic E-state index is 11.9. The predicted octanol–water partition coefficient (Wildman–Crippen LogP) is 2.89. The van der Waals surface area contributed by atoms with Gasteiger partial charge >= 0.3 is 0 Å². The van der Waals surface area contributed by atoms with E-state index in [4.69, 9.17) is 9.47 Å². The maximum atomic E-state index is 11.9. The Morgan fingerprint density at radius 3 is 2.34 bits per heavy atom. The Bertz CT molecular complexity index is 606. The van der Waals surface area contributed by atoms with Crippen molar-refractivity contribution in [3.8, 4) is 5.75 Å². The van der Waals surface area contributed by atoms with Gasteiger partial charge in [-0.25, -0.2) is 4.99 Å². The summed E-state index contributed by atoms with van der Waals surface area (Å²) in [5.41, 5.74) is 1.07. The molecule has 1 atom stereocenters. The van der Waals surface area contributed by atoms with Crippen molar-refractivity contribution in [1.82, 2.24) is 15.5 Å². The van der Waals surface area contributed by atoms with Crippen LogP contribution >= 0.6 is 24.0 Å². The molecule has 29 heavy (non-hydrogen) atoms. The maximum Gasteiger partial charge on any atom is 0.241 e. The number of halogens is 1. The second-order valence-corrected chi connectivity index (χ2v) is 7.11. The number of aliphatic imine (C=N–C) groups is 1. The lowest BCUT2D eigenvalue weighted by atomic mass is 10.0. The number of likely N-dealkylation sites (N-methyl/N-ethyl adjacent to an activating group) is 1. The molecule has 0 bridgehead atoms. The number of hydrogen-bond donors (Lipinski definition) is 2. The van der Waals surface area contributed by atoms with Gasteiger partial charge in [0.25, 0.3) is 0 Å². The van der Waals surface area contributed by atoms with Gasteiger partial charge in [-0.1, -0.05) is 26.0 Å². The van der Waals surface area contributed by atoms with Crippen LogP contribution in [0.1, 0.15) is 32.8 Å². The molecule has 1 aromatic rings. The summed E-state index contributed by atoms with van der Waals surface area (Å²) in [6.45, 7) is 8.46. The van der Waals surface area contributed by atoms with Crippen LogP contribution in [0, 0.1) is 5.92 Å². The Morgan fingerprint density at radius 2 is 1.83 bits per heavy atom. The van der Waals surface area contributed by atoms with Crippen LogP contribution in [-0.2, 0) is 16.1 Å². The highest BCUT2D eigenvalue weighted by Crippen LogP contribution is 2.12. The summed E-state index contributed by atoms with van der Waals surface area (Å²) in [5, 5.41) is 6.42. The van der Waals surface area contributed by atoms with E-state index < -0.39 is 0 Å². The minimum absolute atomic E-state index is 0. The van der Waals surface area contributed by atoms with Gasteiger partial charge in [0, 0.05) is 27.2 Å². The topological polar surface area (TPSA) is 75.2 Å². The second-order valence-electron chi connectivity index (χ2n) is 7.11. The molecule has 0 heterocycles. The van der Waals surface area contributed by atoms with Crippen LogP contribution in [0.5, 0.6) is 5.75 Å². The number of rotatable bonds is 11. The van der Waals surface area contributed by atoms with E-state index in [-0.39, 0.29) is 42.5 Å². The molecule has 1 unspecified atom stereocenters. The van der Waals surface area contributed by atoms with Crippen LogP contribution in [0.2, 0.25) is 0 Å². The molecule has 8 heteroatoms. The zero-order valence-corrected chi connectivity index (χ0v) is 20.9. The number of guanidine groups is 1. The third-order valence-corrected chi connectivity index (χ3v) is 4.33. The first-order valence-corrected chi connectivity index (χ1v) is 9.84. The van der Waals surface area contributed by atoms with Crippen molar-refractivity contribution in [3.05, 3.63) is 29.8 Å². The summed E-state index contributed by atoms with van der Waals surface area (Å²) in [6.07, 6.45) is 1.07. The molecule has 0 radical (unpaired) electrons. The number of nitrogens with zero attached hydrogens (tertiary/aromatic N) is 2. The van der Waals surface area contributed by atoms with Gasteiger partial charge in [-0.05, 0) is 37.0 Å². The summed E-state index contributed by atoms with van der Waals surface area (Å²) in [6, 6.07) is 7.79. The Morgan fingerprint density at radius 1 is 1.17 bits per heavy atom. The highest BCUT2D eigenvalue weighted by atomic mass is 127. The highest BCUT2D eigenvalue weighted by Gasteiger charge is 2.13. The Kier molecular flexibility index (Phi) is 14.5. The normalized spacial score (nSPS) is 12.2. The Hall–Kier alpha value is -1.55. The van der Waals surface area contributed by atoms with Gasteiger partial charge in [-0.15, -0.1) is 24.0 Å². The summed E-state index contributed by atoms with van der Waals surface area (Å²) < 4.78 is 11.0. The van der Waals surface area contributed by atoms with Crippen molar-refractivity contribution in [2.24, 2.45) is 10.9 Å². The van der Waals surface area contributed by atoms with Gasteiger partial charge in [-0.2, -0.15) is 0 Å². The summed E-state index contributed by atoms with van der Waals surface area (Å²) in [7, 11) is 5.12. The quantitative estimate of drug-likeness (QED) is 0.267. The van der Waals surface area contributed by atoms with Crippen LogP contribution in [0.4, 0.5) is 0 Å². The molecule has 7 nitrogen and oxygen atoms in total. The molecule has 1 amide bonds. The molecule has 0 aliphatic rings. The third kappa shape index (κ3) is 11.3. The molecule has 2 N–H and O–H groups in total. The lowest BCUT2D eigenvalue weighted by molar-refractivity contribution is -0.127. The first-order valence-electron chi connectivity index (χ1n) is 9.84. The van der Waals surface area contributed by atoms with Crippen molar-refractivity contribution >= 4 is 35.8 Å². The van der Waals surface area contributed by atoms with E-state index in [0.717, 1.165) is 17.7 Å². The summed E-state index contributed by atoms with van der Waals surface area (Å²) >= 11 is 0. The number of methoxy groups -OCH3 is 1. The van der Waals surface area contributed by atoms with Gasteiger partial charge in [-0.3, -0.25) is 4.79 Å². The zero-order valence-electron chi connectivity index (χ0n) is 18.5. The van der Waals surface area contributed by atoms with Crippen molar-refractivity contribution in [1.29, 1.82) is 0 Å². The fourth-order valence-electron chi connectivity index (χ4n) is 2.55. The number of nitrogens with one attached hydrogen (secondary N) is 2. The van der Waals surface area contributed by atoms with E-state index in [1.54, 1.807) is 26.1 Å². The van der Waals surface area contributed by atoms with Crippen LogP contribution < -0.4 is 15.4 Å². The molecule has 0 aliphatic heterocycles. The molecule has 0 spiro atoms. The molecule has 1 aromatic carbocycles. The van der Waals surface area contributed by atoms with Crippen molar-refractivity contribution < 1.29 is 14.3 Å². The van der Waals surface area contributed by atoms with Crippen LogP contribution in [0.25, 0.3) is 0 Å². The number of hydrogen-bond acceptors (Lipinski definition) is 4. The van der Waals surface area contributed by atoms with Gasteiger partial charge in [0.1, 0.15) is 5.75 Å². The van der Waals surface area contributed by atoms with Gasteiger partial charge < -0.3 is 25.0 Å². The predicted molar refractivity (Wildman–Crippen MR) is 129 cm³/mol. The van der Waals surface area contributed by atoms with Crippen LogP contribution in [-0.4, -0.2) is 63.8 Å². The average Bonchev–Trinajstić information content (AvgIpc) is 2.68. The van der Waals surface area contributed by atoms with Gasteiger partial charge in [0.15, 0.2) is 5.96 Å². The highest BCUT2D eigenvalue weighted by molar-refractivity contribution is 14.0. The molecule has 0 saturated heterocycles. The minimum atomic E-state index is -0.00618. The summed E-state index contributed by atoms with van der Waals surface area (Å²) in [4.78, 5) is 18.1. The van der Waals surface area contributed by atoms with E-state index >= 15 is 0 Å². The van der Waals surface area contributed by atoms with E-state index in [2.05, 4.69) is 29.5 Å². The molecular weight excluding hydrogens is 483 g/mol. The Labute approximate surface area is 192 Å². The largest absolute Gasteiger partial charge is 0.497 e. The van der Waals surface area contributed by atoms with Crippen LogP contribution in [0.3, 0.4) is 0 Å². The molecule has 0 saturated carbocycles. The third-order valence-electron chi connectivity index (χ3n) is 4.33. The molecule has 0 aliphatic carbocycles.